The minimum absolute atomic E-state index is 0. The molecule has 0 spiro atoms. The SMILES string of the molecule is CCCC[n+]1ccccc1.Cl.Cl.[AlH3].[AlH3]. The smallest absolute Gasteiger partial charge is 0.187 e. The van der Waals surface area contributed by atoms with Gasteiger partial charge in [-0.15, -0.1) is 24.8 Å². The van der Waals surface area contributed by atoms with E-state index in [1.807, 2.05) is 6.07 Å². The van der Waals surface area contributed by atoms with Gasteiger partial charge in [-0.25, -0.2) is 4.57 Å². The number of rotatable bonds is 3. The fourth-order valence-electron chi connectivity index (χ4n) is 0.924. The number of unbranched alkanes of at least 4 members (excludes halogenated alkanes) is 1. The second kappa shape index (κ2) is 16.2. The first-order chi connectivity index (χ1) is 4.93. The summed E-state index contributed by atoms with van der Waals surface area (Å²) in [5.41, 5.74) is 0. The van der Waals surface area contributed by atoms with Crippen LogP contribution in [-0.2, 0) is 6.54 Å². The van der Waals surface area contributed by atoms with Crippen molar-refractivity contribution in [2.75, 3.05) is 0 Å². The maximum Gasteiger partial charge on any atom is 0.187 e. The molecule has 0 aliphatic heterocycles. The van der Waals surface area contributed by atoms with E-state index in [-0.39, 0.29) is 59.5 Å². The summed E-state index contributed by atoms with van der Waals surface area (Å²) in [6.07, 6.45) is 6.75. The van der Waals surface area contributed by atoms with Gasteiger partial charge in [-0.1, -0.05) is 19.4 Å². The van der Waals surface area contributed by atoms with Gasteiger partial charge in [0.05, 0.1) is 0 Å². The van der Waals surface area contributed by atoms with Crippen LogP contribution in [0.25, 0.3) is 0 Å². The first-order valence-corrected chi connectivity index (χ1v) is 3.87. The number of hydrogen-bond acceptors (Lipinski definition) is 0. The van der Waals surface area contributed by atoms with E-state index < -0.39 is 0 Å². The van der Waals surface area contributed by atoms with Crippen LogP contribution in [-0.4, -0.2) is 34.7 Å². The van der Waals surface area contributed by atoms with Gasteiger partial charge in [0.25, 0.3) is 0 Å². The molecule has 0 aliphatic rings. The Morgan fingerprint density at radius 1 is 0.929 bits per heavy atom. The summed E-state index contributed by atoms with van der Waals surface area (Å²) in [5, 5.41) is 0. The fourth-order valence-corrected chi connectivity index (χ4v) is 0.924. The molecule has 0 fully saturated rings. The van der Waals surface area contributed by atoms with Crippen molar-refractivity contribution in [2.45, 2.75) is 26.3 Å². The fraction of sp³-hybridized carbons (Fsp3) is 0.444. The monoisotopic (exact) mass is 268 g/mol. The quantitative estimate of drug-likeness (QED) is 0.547. The highest BCUT2D eigenvalue weighted by molar-refractivity contribution is 5.85. The van der Waals surface area contributed by atoms with E-state index in [1.54, 1.807) is 0 Å². The molecule has 1 nitrogen and oxygen atoms in total. The summed E-state index contributed by atoms with van der Waals surface area (Å²) in [6, 6.07) is 6.17. The predicted octanol–water partition coefficient (Wildman–Crippen LogP) is 0.250. The summed E-state index contributed by atoms with van der Waals surface area (Å²) in [4.78, 5) is 0. The molecular weight excluding hydrogens is 247 g/mol. The van der Waals surface area contributed by atoms with Gasteiger partial charge in [-0.3, -0.25) is 0 Å². The molecule has 0 amide bonds. The molecule has 5 heteroatoms. The van der Waals surface area contributed by atoms with Gasteiger partial charge in [0, 0.05) is 18.6 Å². The van der Waals surface area contributed by atoms with Crippen LogP contribution in [0.1, 0.15) is 19.8 Å². The number of hydrogen-bond donors (Lipinski definition) is 0. The lowest BCUT2D eigenvalue weighted by Crippen LogP contribution is -2.31. The zero-order chi connectivity index (χ0) is 7.23. The molecule has 1 heterocycles. The zero-order valence-corrected chi connectivity index (χ0v) is 8.90. The van der Waals surface area contributed by atoms with Gasteiger partial charge >= 0.3 is 0 Å². The largest absolute Gasteiger partial charge is 0.205 e. The Morgan fingerprint density at radius 3 is 1.86 bits per heavy atom. The molecular formula is C9H22Al2Cl2N+. The van der Waals surface area contributed by atoms with Gasteiger partial charge in [-0.2, -0.15) is 0 Å². The number of aryl methyl sites for hydroxylation is 1. The Hall–Kier alpha value is 0.795. The van der Waals surface area contributed by atoms with Gasteiger partial charge in [0.15, 0.2) is 47.1 Å². The number of pyridine rings is 1. The standard InChI is InChI=1S/C9H14N.2Al.2ClH.6H/c1-2-3-7-10-8-5-4-6-9-10;;;;;;;;;;/h4-6,8-9H,2-3,7H2,1H3;;;2*1H;;;;;;/q+1;;;;;;;;;;. The molecule has 0 aromatic carbocycles. The zero-order valence-electron chi connectivity index (χ0n) is 7.27. The first-order valence-electron chi connectivity index (χ1n) is 3.87. The molecule has 0 radical (unpaired) electrons. The molecule has 82 valence electrons. The summed E-state index contributed by atoms with van der Waals surface area (Å²) < 4.78 is 2.21. The summed E-state index contributed by atoms with van der Waals surface area (Å²) in [6.45, 7) is 3.36. The lowest BCUT2D eigenvalue weighted by atomic mass is 10.3. The Kier molecular flexibility index (Phi) is 28.0. The average Bonchev–Trinajstić information content (AvgIpc) is 2.03. The molecule has 1 aromatic rings. The van der Waals surface area contributed by atoms with Crippen LogP contribution in [0.3, 0.4) is 0 Å². The van der Waals surface area contributed by atoms with E-state index >= 15 is 0 Å². The van der Waals surface area contributed by atoms with E-state index in [0.717, 1.165) is 6.54 Å². The highest BCUT2D eigenvalue weighted by Gasteiger charge is 1.93. The molecule has 0 unspecified atom stereocenters. The average molecular weight is 269 g/mol. The van der Waals surface area contributed by atoms with Crippen molar-refractivity contribution in [1.82, 2.24) is 0 Å². The molecule has 0 bridgehead atoms. The molecule has 0 atom stereocenters. The molecule has 1 rings (SSSR count). The summed E-state index contributed by atoms with van der Waals surface area (Å²) >= 11 is 0. The molecule has 0 aliphatic carbocycles. The lowest BCUT2D eigenvalue weighted by molar-refractivity contribution is -0.697. The summed E-state index contributed by atoms with van der Waals surface area (Å²) in [7, 11) is 0. The van der Waals surface area contributed by atoms with Crippen LogP contribution in [0.4, 0.5) is 0 Å². The first kappa shape index (κ1) is 24.2. The third kappa shape index (κ3) is 10.9. The minimum Gasteiger partial charge on any atom is -0.205 e. The Balaban J connectivity index is -0.000000125. The second-order valence-electron chi connectivity index (χ2n) is 2.47. The third-order valence-corrected chi connectivity index (χ3v) is 1.55. The van der Waals surface area contributed by atoms with E-state index in [1.165, 1.54) is 12.8 Å². The maximum absolute atomic E-state index is 2.21. The van der Waals surface area contributed by atoms with Crippen molar-refractivity contribution in [2.24, 2.45) is 0 Å². The summed E-state index contributed by atoms with van der Waals surface area (Å²) in [5.74, 6) is 0. The van der Waals surface area contributed by atoms with Crippen LogP contribution in [0.5, 0.6) is 0 Å². The molecule has 0 N–H and O–H groups in total. The predicted molar refractivity (Wildman–Crippen MR) is 75.9 cm³/mol. The van der Waals surface area contributed by atoms with Crippen LogP contribution < -0.4 is 4.57 Å². The van der Waals surface area contributed by atoms with Crippen molar-refractivity contribution < 1.29 is 4.57 Å². The van der Waals surface area contributed by atoms with Gasteiger partial charge in [-0.05, 0) is 0 Å². The lowest BCUT2D eigenvalue weighted by Gasteiger charge is -1.91. The molecule has 0 saturated heterocycles. The normalized spacial score (nSPS) is 6.93. The molecule has 1 aromatic heterocycles. The topological polar surface area (TPSA) is 3.88 Å². The third-order valence-electron chi connectivity index (χ3n) is 1.55. The number of aromatic nitrogens is 1. The Morgan fingerprint density at radius 2 is 1.43 bits per heavy atom. The molecule has 14 heavy (non-hydrogen) atoms. The van der Waals surface area contributed by atoms with Crippen LogP contribution in [0.15, 0.2) is 30.6 Å². The number of nitrogens with zero attached hydrogens (tertiary/aromatic N) is 1. The van der Waals surface area contributed by atoms with Crippen LogP contribution >= 0.6 is 24.8 Å². The van der Waals surface area contributed by atoms with Crippen molar-refractivity contribution in [1.29, 1.82) is 0 Å². The van der Waals surface area contributed by atoms with Crippen LogP contribution in [0.2, 0.25) is 0 Å². The maximum atomic E-state index is 2.21. The highest BCUT2D eigenvalue weighted by atomic mass is 35.5. The Bertz CT molecular complexity index is 185. The van der Waals surface area contributed by atoms with Crippen molar-refractivity contribution in [3.63, 3.8) is 0 Å². The van der Waals surface area contributed by atoms with Crippen LogP contribution in [0, 0.1) is 0 Å². The highest BCUT2D eigenvalue weighted by Crippen LogP contribution is 1.85. The van der Waals surface area contributed by atoms with Gasteiger partial charge < -0.3 is 0 Å². The second-order valence-corrected chi connectivity index (χ2v) is 2.47. The van der Waals surface area contributed by atoms with Gasteiger partial charge in [0.1, 0.15) is 6.54 Å². The Labute approximate surface area is 120 Å². The van der Waals surface area contributed by atoms with Crippen molar-refractivity contribution in [3.05, 3.63) is 30.6 Å². The van der Waals surface area contributed by atoms with E-state index in [9.17, 15) is 0 Å². The van der Waals surface area contributed by atoms with E-state index in [4.69, 9.17) is 0 Å². The van der Waals surface area contributed by atoms with E-state index in [0.29, 0.717) is 0 Å². The van der Waals surface area contributed by atoms with Gasteiger partial charge in [0.2, 0.25) is 0 Å². The van der Waals surface area contributed by atoms with E-state index in [2.05, 4.69) is 36.0 Å². The van der Waals surface area contributed by atoms with Crippen molar-refractivity contribution >= 4 is 59.5 Å². The molecule has 0 saturated carbocycles. The minimum atomic E-state index is 0. The van der Waals surface area contributed by atoms with Crippen molar-refractivity contribution in [3.8, 4) is 0 Å². The number of halogens is 2.